The topological polar surface area (TPSA) is 117 Å². The third-order valence-corrected chi connectivity index (χ3v) is 6.37. The monoisotopic (exact) mass is 638 g/mol. The van der Waals surface area contributed by atoms with E-state index in [1.54, 1.807) is 0 Å². The molecule has 4 rings (SSSR count). The Hall–Kier alpha value is -3.11. The first kappa shape index (κ1) is 35.5. The Labute approximate surface area is 213 Å². The van der Waals surface area contributed by atoms with Crippen molar-refractivity contribution in [3.8, 4) is 0 Å². The standard InChI is InChI=1S/C21H15OP.5CO.W/c22-21-19(16-10-4-1-5-11-16)20(17-12-6-2-7-13-17)23(21)18-14-8-3-9-15-18;5*1-2;/h1-15H;;;;;;. The van der Waals surface area contributed by atoms with Crippen LogP contribution >= 0.6 is 7.92 Å². The quantitative estimate of drug-likeness (QED) is 0.231. The number of benzene rings is 3. The fourth-order valence-corrected chi connectivity index (χ4v) is 5.26. The van der Waals surface area contributed by atoms with Gasteiger partial charge in [0.1, 0.15) is 0 Å². The largest absolute Gasteiger partial charge is 0 e. The van der Waals surface area contributed by atoms with Gasteiger partial charge in [0, 0.05) is 39.9 Å². The van der Waals surface area contributed by atoms with E-state index in [4.69, 9.17) is 23.3 Å². The van der Waals surface area contributed by atoms with Gasteiger partial charge in [-0.2, -0.15) is 0 Å². The van der Waals surface area contributed by atoms with Gasteiger partial charge in [-0.25, -0.2) is 0 Å². The average Bonchev–Trinajstić information content (AvgIpc) is 2.94. The van der Waals surface area contributed by atoms with Crippen LogP contribution in [0.15, 0.2) is 91.0 Å². The summed E-state index contributed by atoms with van der Waals surface area (Å²) in [5, 5.41) is 2.33. The van der Waals surface area contributed by atoms with E-state index in [1.165, 1.54) is 5.31 Å². The van der Waals surface area contributed by atoms with Crippen LogP contribution < -0.4 is 5.30 Å². The number of allylic oxidation sites excluding steroid dienone is 1. The predicted molar refractivity (Wildman–Crippen MR) is 117 cm³/mol. The molecule has 3 aromatic carbocycles. The molecule has 1 aliphatic rings. The summed E-state index contributed by atoms with van der Waals surface area (Å²) in [4.78, 5) is 12.9. The van der Waals surface area contributed by atoms with Crippen molar-refractivity contribution >= 4 is 29.6 Å². The van der Waals surface area contributed by atoms with E-state index in [-0.39, 0.29) is 26.6 Å². The second kappa shape index (κ2) is 23.1. The van der Waals surface area contributed by atoms with Gasteiger partial charge in [-0.15, -0.1) is 0 Å². The first-order chi connectivity index (χ1) is 16.4. The minimum atomic E-state index is -0.916. The Balaban J connectivity index is -0.000000781. The van der Waals surface area contributed by atoms with Crippen molar-refractivity contribution in [2.45, 2.75) is 0 Å². The molecule has 1 heterocycles. The van der Waals surface area contributed by atoms with Crippen LogP contribution in [0.3, 0.4) is 0 Å². The summed E-state index contributed by atoms with van der Waals surface area (Å²) >= 11 is 0. The maximum Gasteiger partial charge on any atom is 0 e. The zero-order valence-electron chi connectivity index (χ0n) is 17.5. The Morgan fingerprint density at radius 1 is 0.500 bits per heavy atom. The van der Waals surface area contributed by atoms with Crippen molar-refractivity contribution in [1.82, 2.24) is 0 Å². The smallest absolute Gasteiger partial charge is 0 e. The summed E-state index contributed by atoms with van der Waals surface area (Å²) in [6, 6.07) is 30.4. The molecule has 0 amide bonds. The molecule has 8 heteroatoms. The summed E-state index contributed by atoms with van der Waals surface area (Å²) in [7, 11) is -0.916. The molecule has 1 atom stereocenters. The first-order valence-electron chi connectivity index (χ1n) is 8.63. The number of carbonyl (C=O) groups excluding carboxylic acids is 1. The minimum Gasteiger partial charge on any atom is 0 e. The first-order valence-corrected chi connectivity index (χ1v) is 9.97. The summed E-state index contributed by atoms with van der Waals surface area (Å²) in [5.41, 5.74) is 3.33. The maximum absolute atomic E-state index is 12.9. The third-order valence-electron chi connectivity index (χ3n) is 4.00. The normalized spacial score (nSPS) is 11.8. The summed E-state index contributed by atoms with van der Waals surface area (Å²) in [6.07, 6.45) is 0. The Morgan fingerprint density at radius 2 is 0.824 bits per heavy atom. The molecule has 0 aromatic heterocycles. The van der Waals surface area contributed by atoms with E-state index in [9.17, 15) is 4.79 Å². The number of hydrogen-bond donors (Lipinski definition) is 0. The zero-order chi connectivity index (χ0) is 25.6. The maximum atomic E-state index is 12.9. The molecule has 166 valence electrons. The Bertz CT molecular complexity index is 1070. The molecule has 0 N–H and O–H groups in total. The molecule has 0 fully saturated rings. The van der Waals surface area contributed by atoms with Gasteiger partial charge in [0.15, 0.2) is 5.52 Å². The predicted octanol–water partition coefficient (Wildman–Crippen LogP) is 4.71. The SMILES string of the molecule is O=C1C(c2ccccc2)=C(c2ccccc2)P1c1ccccc1.[C-]#[O+].[C-]#[O+].[C-]#[O+].[C-]#[O+].[C-]#[O+].[W]. The van der Waals surface area contributed by atoms with E-state index in [0.717, 1.165) is 22.0 Å². The molecular weight excluding hydrogens is 623 g/mol. The summed E-state index contributed by atoms with van der Waals surface area (Å²) < 4.78 is 37.5. The van der Waals surface area contributed by atoms with Crippen LogP contribution in [0, 0.1) is 33.3 Å². The van der Waals surface area contributed by atoms with Crippen LogP contribution in [-0.2, 0) is 49.1 Å². The van der Waals surface area contributed by atoms with E-state index in [0.29, 0.717) is 0 Å². The molecule has 0 spiro atoms. The van der Waals surface area contributed by atoms with Crippen LogP contribution in [0.2, 0.25) is 0 Å². The van der Waals surface area contributed by atoms with Gasteiger partial charge in [-0.05, 0) is 16.4 Å². The van der Waals surface area contributed by atoms with Crippen LogP contribution in [0.1, 0.15) is 11.1 Å². The number of carbonyl (C=O) groups is 1. The van der Waals surface area contributed by atoms with E-state index in [1.807, 2.05) is 66.7 Å². The van der Waals surface area contributed by atoms with Crippen molar-refractivity contribution < 1.29 is 49.1 Å². The van der Waals surface area contributed by atoms with Crippen molar-refractivity contribution in [3.63, 3.8) is 0 Å². The number of hydrogen-bond acceptors (Lipinski definition) is 1. The fraction of sp³-hybridized carbons (Fsp3) is 0. The van der Waals surface area contributed by atoms with Crippen molar-refractivity contribution in [2.24, 2.45) is 0 Å². The third kappa shape index (κ3) is 9.40. The van der Waals surface area contributed by atoms with Crippen LogP contribution in [0.5, 0.6) is 0 Å². The van der Waals surface area contributed by atoms with Gasteiger partial charge >= 0.3 is 56.5 Å². The van der Waals surface area contributed by atoms with Crippen molar-refractivity contribution in [3.05, 3.63) is 135 Å². The van der Waals surface area contributed by atoms with Gasteiger partial charge in [-0.3, -0.25) is 4.79 Å². The van der Waals surface area contributed by atoms with Gasteiger partial charge < -0.3 is 0 Å². The number of rotatable bonds is 3. The molecule has 1 aliphatic heterocycles. The molecule has 0 aliphatic carbocycles. The van der Waals surface area contributed by atoms with Crippen LogP contribution in [0.4, 0.5) is 0 Å². The van der Waals surface area contributed by atoms with Crippen LogP contribution in [-0.4, -0.2) is 5.52 Å². The second-order valence-corrected chi connectivity index (χ2v) is 7.47. The average molecular weight is 638 g/mol. The molecule has 0 saturated heterocycles. The van der Waals surface area contributed by atoms with Crippen molar-refractivity contribution in [1.29, 1.82) is 0 Å². The Kier molecular flexibility index (Phi) is 24.1. The second-order valence-electron chi connectivity index (χ2n) is 5.43. The Morgan fingerprint density at radius 3 is 1.21 bits per heavy atom. The molecule has 3 aromatic rings. The molecule has 0 bridgehead atoms. The minimum absolute atomic E-state index is 0. The van der Waals surface area contributed by atoms with E-state index >= 15 is 0 Å². The van der Waals surface area contributed by atoms with Gasteiger partial charge in [0.25, 0.3) is 0 Å². The molecule has 0 radical (unpaired) electrons. The van der Waals surface area contributed by atoms with Gasteiger partial charge in [0.05, 0.1) is 0 Å². The van der Waals surface area contributed by atoms with Gasteiger partial charge in [-0.1, -0.05) is 91.0 Å². The molecule has 34 heavy (non-hydrogen) atoms. The molecule has 6 nitrogen and oxygen atoms in total. The summed E-state index contributed by atoms with van der Waals surface area (Å²) in [5.74, 6) is 0. The van der Waals surface area contributed by atoms with E-state index in [2.05, 4.69) is 57.5 Å². The van der Waals surface area contributed by atoms with Gasteiger partial charge in [0.2, 0.25) is 0 Å². The van der Waals surface area contributed by atoms with E-state index < -0.39 is 7.92 Å². The zero-order valence-corrected chi connectivity index (χ0v) is 21.3. The molecule has 0 saturated carbocycles. The van der Waals surface area contributed by atoms with Crippen LogP contribution in [0.25, 0.3) is 10.9 Å². The molecule has 1 unspecified atom stereocenters. The van der Waals surface area contributed by atoms with Crippen molar-refractivity contribution in [2.75, 3.05) is 0 Å². The summed E-state index contributed by atoms with van der Waals surface area (Å²) in [6.45, 7) is 22.5. The fourth-order valence-electron chi connectivity index (χ4n) is 2.93. The molecular formula is C26H15O6PW.